The summed E-state index contributed by atoms with van der Waals surface area (Å²) in [5.41, 5.74) is 1.51. The van der Waals surface area contributed by atoms with Crippen molar-refractivity contribution in [1.82, 2.24) is 4.68 Å². The second kappa shape index (κ2) is 7.01. The van der Waals surface area contributed by atoms with Gasteiger partial charge in [0.25, 0.3) is 0 Å². The van der Waals surface area contributed by atoms with Crippen molar-refractivity contribution in [2.45, 2.75) is 45.1 Å². The molecule has 2 aromatic rings. The highest BCUT2D eigenvalue weighted by molar-refractivity contribution is 7.07. The molecule has 5 heteroatoms. The van der Waals surface area contributed by atoms with E-state index < -0.39 is 0 Å². The third-order valence-electron chi connectivity index (χ3n) is 3.94. The van der Waals surface area contributed by atoms with Gasteiger partial charge in [0, 0.05) is 10.9 Å². The van der Waals surface area contributed by atoms with Crippen LogP contribution in [0, 0.1) is 12.7 Å². The average molecular weight is 317 g/mol. The molecule has 1 saturated carbocycles. The first-order valence-electron chi connectivity index (χ1n) is 7.74. The van der Waals surface area contributed by atoms with Crippen LogP contribution in [0.3, 0.4) is 0 Å². The van der Waals surface area contributed by atoms with Crippen LogP contribution in [0.1, 0.15) is 43.4 Å². The van der Waals surface area contributed by atoms with Crippen molar-refractivity contribution in [2.75, 3.05) is 0 Å². The summed E-state index contributed by atoms with van der Waals surface area (Å²) in [7, 11) is 0. The fourth-order valence-electron chi connectivity index (χ4n) is 2.68. The Hall–Kier alpha value is -1.75. The molecule has 1 aromatic heterocycles. The maximum absolute atomic E-state index is 13.7. The SMILES string of the molecule is Cc1csc(=NC2CCCCC2)n1N=Cc1ccccc1F. The smallest absolute Gasteiger partial charge is 0.206 e. The Kier molecular flexibility index (Phi) is 4.83. The molecule has 0 atom stereocenters. The average Bonchev–Trinajstić information content (AvgIpc) is 2.88. The van der Waals surface area contributed by atoms with E-state index in [2.05, 4.69) is 5.10 Å². The third kappa shape index (κ3) is 3.53. The third-order valence-corrected chi connectivity index (χ3v) is 4.88. The molecule has 0 aliphatic heterocycles. The van der Waals surface area contributed by atoms with E-state index in [0.29, 0.717) is 11.6 Å². The van der Waals surface area contributed by atoms with Crippen molar-refractivity contribution in [3.8, 4) is 0 Å². The Bertz CT molecular complexity index is 724. The fourth-order valence-corrected chi connectivity index (χ4v) is 3.56. The van der Waals surface area contributed by atoms with Crippen LogP contribution in [0.2, 0.25) is 0 Å². The Balaban J connectivity index is 1.89. The molecule has 3 rings (SSSR count). The zero-order valence-electron chi connectivity index (χ0n) is 12.7. The van der Waals surface area contributed by atoms with Gasteiger partial charge in [0.2, 0.25) is 4.80 Å². The summed E-state index contributed by atoms with van der Waals surface area (Å²) < 4.78 is 15.5. The molecule has 116 valence electrons. The summed E-state index contributed by atoms with van der Waals surface area (Å²) in [5, 5.41) is 6.47. The summed E-state index contributed by atoms with van der Waals surface area (Å²) in [6.07, 6.45) is 7.73. The minimum atomic E-state index is -0.259. The molecular formula is C17H20FN3S. The van der Waals surface area contributed by atoms with Gasteiger partial charge in [-0.25, -0.2) is 9.07 Å². The highest BCUT2D eigenvalue weighted by Gasteiger charge is 2.12. The van der Waals surface area contributed by atoms with Crippen molar-refractivity contribution in [2.24, 2.45) is 10.1 Å². The molecule has 1 aliphatic carbocycles. The molecule has 0 saturated heterocycles. The summed E-state index contributed by atoms with van der Waals surface area (Å²) in [6, 6.07) is 7.06. The Morgan fingerprint density at radius 1 is 1.23 bits per heavy atom. The van der Waals surface area contributed by atoms with Crippen LogP contribution in [-0.2, 0) is 0 Å². The monoisotopic (exact) mass is 317 g/mol. The summed E-state index contributed by atoms with van der Waals surface area (Å²) in [4.78, 5) is 5.75. The summed E-state index contributed by atoms with van der Waals surface area (Å²) in [5.74, 6) is -0.259. The van der Waals surface area contributed by atoms with Crippen molar-refractivity contribution >= 4 is 17.6 Å². The molecule has 0 bridgehead atoms. The first-order valence-corrected chi connectivity index (χ1v) is 8.62. The zero-order chi connectivity index (χ0) is 15.4. The fraction of sp³-hybridized carbons (Fsp3) is 0.412. The lowest BCUT2D eigenvalue weighted by atomic mass is 9.96. The van der Waals surface area contributed by atoms with Crippen molar-refractivity contribution in [3.05, 3.63) is 51.5 Å². The number of rotatable bonds is 3. The van der Waals surface area contributed by atoms with Crippen LogP contribution in [0.5, 0.6) is 0 Å². The molecule has 0 amide bonds. The molecule has 1 aromatic carbocycles. The normalized spacial score (nSPS) is 17.5. The van der Waals surface area contributed by atoms with Crippen molar-refractivity contribution in [3.63, 3.8) is 0 Å². The number of nitrogens with zero attached hydrogens (tertiary/aromatic N) is 3. The van der Waals surface area contributed by atoms with E-state index in [9.17, 15) is 4.39 Å². The lowest BCUT2D eigenvalue weighted by Crippen LogP contribution is -2.19. The van der Waals surface area contributed by atoms with Crippen molar-refractivity contribution in [1.29, 1.82) is 0 Å². The van der Waals surface area contributed by atoms with Crippen LogP contribution in [-0.4, -0.2) is 16.9 Å². The van der Waals surface area contributed by atoms with Gasteiger partial charge in [-0.1, -0.05) is 37.5 Å². The van der Waals surface area contributed by atoms with Gasteiger partial charge in [-0.2, -0.15) is 5.10 Å². The molecule has 1 heterocycles. The molecule has 0 N–H and O–H groups in total. The summed E-state index contributed by atoms with van der Waals surface area (Å²) >= 11 is 1.60. The number of halogens is 1. The minimum Gasteiger partial charge on any atom is -0.254 e. The quantitative estimate of drug-likeness (QED) is 0.763. The lowest BCUT2D eigenvalue weighted by Gasteiger charge is -2.16. The van der Waals surface area contributed by atoms with Gasteiger partial charge >= 0.3 is 0 Å². The number of benzene rings is 1. The maximum Gasteiger partial charge on any atom is 0.206 e. The maximum atomic E-state index is 13.7. The van der Waals surface area contributed by atoms with E-state index in [0.717, 1.165) is 23.3 Å². The molecule has 0 radical (unpaired) electrons. The topological polar surface area (TPSA) is 29.6 Å². The van der Waals surface area contributed by atoms with Crippen LogP contribution < -0.4 is 4.80 Å². The van der Waals surface area contributed by atoms with E-state index in [1.54, 1.807) is 29.7 Å². The van der Waals surface area contributed by atoms with E-state index in [1.165, 1.54) is 25.3 Å². The lowest BCUT2D eigenvalue weighted by molar-refractivity contribution is 0.435. The highest BCUT2D eigenvalue weighted by Crippen LogP contribution is 2.20. The first-order chi connectivity index (χ1) is 10.7. The molecule has 22 heavy (non-hydrogen) atoms. The second-order valence-corrected chi connectivity index (χ2v) is 6.50. The standard InChI is InChI=1S/C17H20FN3S/c1-13-12-22-17(20-15-8-3-2-4-9-15)21(13)19-11-14-7-5-6-10-16(14)18/h5-7,10-12,15H,2-4,8-9H2,1H3. The number of aryl methyl sites for hydroxylation is 1. The molecular weight excluding hydrogens is 297 g/mol. The molecule has 1 fully saturated rings. The Morgan fingerprint density at radius 2 is 2.00 bits per heavy atom. The molecule has 0 unspecified atom stereocenters. The van der Waals surface area contributed by atoms with Gasteiger partial charge in [0.05, 0.1) is 18.0 Å². The van der Waals surface area contributed by atoms with Crippen LogP contribution in [0.25, 0.3) is 0 Å². The zero-order valence-corrected chi connectivity index (χ0v) is 13.5. The first kappa shape index (κ1) is 15.2. The van der Waals surface area contributed by atoms with E-state index in [1.807, 2.05) is 23.0 Å². The van der Waals surface area contributed by atoms with Crippen LogP contribution >= 0.6 is 11.3 Å². The summed E-state index contributed by atoms with van der Waals surface area (Å²) in [6.45, 7) is 2.00. The van der Waals surface area contributed by atoms with Gasteiger partial charge < -0.3 is 0 Å². The van der Waals surface area contributed by atoms with Crippen LogP contribution in [0.15, 0.2) is 39.7 Å². The van der Waals surface area contributed by atoms with E-state index >= 15 is 0 Å². The number of hydrogen-bond donors (Lipinski definition) is 0. The minimum absolute atomic E-state index is 0.259. The molecule has 3 nitrogen and oxygen atoms in total. The molecule has 0 spiro atoms. The highest BCUT2D eigenvalue weighted by atomic mass is 32.1. The van der Waals surface area contributed by atoms with Gasteiger partial charge in [0.1, 0.15) is 5.82 Å². The van der Waals surface area contributed by atoms with E-state index in [4.69, 9.17) is 4.99 Å². The second-order valence-electron chi connectivity index (χ2n) is 5.66. The number of hydrogen-bond acceptors (Lipinski definition) is 3. The predicted molar refractivity (Wildman–Crippen MR) is 88.9 cm³/mol. The Labute approximate surface area is 133 Å². The Morgan fingerprint density at radius 3 is 2.77 bits per heavy atom. The van der Waals surface area contributed by atoms with Crippen molar-refractivity contribution < 1.29 is 4.39 Å². The predicted octanol–water partition coefficient (Wildman–Crippen LogP) is 4.11. The van der Waals surface area contributed by atoms with Gasteiger partial charge in [-0.05, 0) is 25.8 Å². The van der Waals surface area contributed by atoms with E-state index in [-0.39, 0.29) is 5.82 Å². The number of thiazole rings is 1. The van der Waals surface area contributed by atoms with Gasteiger partial charge in [-0.3, -0.25) is 4.99 Å². The van der Waals surface area contributed by atoms with Crippen LogP contribution in [0.4, 0.5) is 4.39 Å². The number of aromatic nitrogens is 1. The van der Waals surface area contributed by atoms with Gasteiger partial charge in [-0.15, -0.1) is 11.3 Å². The van der Waals surface area contributed by atoms with Gasteiger partial charge in [0.15, 0.2) is 0 Å². The molecule has 1 aliphatic rings. The largest absolute Gasteiger partial charge is 0.254 e.